The molecule has 2 rings (SSSR count). The van der Waals surface area contributed by atoms with E-state index in [1.165, 1.54) is 25.9 Å². The predicted molar refractivity (Wildman–Crippen MR) is 87.3 cm³/mol. The summed E-state index contributed by atoms with van der Waals surface area (Å²) in [6.07, 6.45) is 6.72. The molecule has 2 N–H and O–H groups in total. The van der Waals surface area contributed by atoms with Gasteiger partial charge in [0.2, 0.25) is 5.91 Å². The molecule has 1 amide bonds. The van der Waals surface area contributed by atoms with Crippen LogP contribution in [0.5, 0.6) is 0 Å². The summed E-state index contributed by atoms with van der Waals surface area (Å²) in [5, 5.41) is 6.73. The van der Waals surface area contributed by atoms with Gasteiger partial charge in [0.1, 0.15) is 0 Å². The van der Waals surface area contributed by atoms with E-state index >= 15 is 0 Å². The largest absolute Gasteiger partial charge is 0.353 e. The summed E-state index contributed by atoms with van der Waals surface area (Å²) in [5.74, 6) is 0.814. The van der Waals surface area contributed by atoms with Crippen molar-refractivity contribution in [3.05, 3.63) is 0 Å². The lowest BCUT2D eigenvalue weighted by Crippen LogP contribution is -2.56. The Labute approximate surface area is 130 Å². The van der Waals surface area contributed by atoms with Gasteiger partial charge in [0.15, 0.2) is 0 Å². The first kappa shape index (κ1) is 16.8. The highest BCUT2D eigenvalue weighted by Gasteiger charge is 2.40. The molecule has 0 saturated carbocycles. The van der Waals surface area contributed by atoms with Gasteiger partial charge in [-0.05, 0) is 57.7 Å². The lowest BCUT2D eigenvalue weighted by molar-refractivity contribution is -0.127. The maximum absolute atomic E-state index is 12.7. The topological polar surface area (TPSA) is 44.4 Å². The van der Waals surface area contributed by atoms with Crippen molar-refractivity contribution < 1.29 is 4.79 Å². The third kappa shape index (κ3) is 3.98. The summed E-state index contributed by atoms with van der Waals surface area (Å²) in [5.41, 5.74) is -0.290. The van der Waals surface area contributed by atoms with Crippen molar-refractivity contribution in [1.29, 1.82) is 0 Å². The second-order valence-corrected chi connectivity index (χ2v) is 7.13. The molecule has 4 nitrogen and oxygen atoms in total. The average Bonchev–Trinajstić information content (AvgIpc) is 3.10. The first-order valence-electron chi connectivity index (χ1n) is 8.86. The molecule has 0 aromatic heterocycles. The van der Waals surface area contributed by atoms with Gasteiger partial charge in [-0.25, -0.2) is 0 Å². The van der Waals surface area contributed by atoms with Crippen LogP contribution < -0.4 is 10.6 Å². The van der Waals surface area contributed by atoms with E-state index in [0.29, 0.717) is 12.0 Å². The van der Waals surface area contributed by atoms with E-state index in [0.717, 1.165) is 38.8 Å². The second-order valence-electron chi connectivity index (χ2n) is 7.13. The molecule has 0 spiro atoms. The minimum atomic E-state index is -0.290. The van der Waals surface area contributed by atoms with Crippen LogP contribution in [0.3, 0.4) is 0 Å². The molecule has 0 bridgehead atoms. The number of hydrogen-bond acceptors (Lipinski definition) is 3. The van der Waals surface area contributed by atoms with E-state index < -0.39 is 0 Å². The maximum Gasteiger partial charge on any atom is 0.240 e. The monoisotopic (exact) mass is 295 g/mol. The van der Waals surface area contributed by atoms with Crippen LogP contribution in [0.2, 0.25) is 0 Å². The lowest BCUT2D eigenvalue weighted by Gasteiger charge is -2.33. The van der Waals surface area contributed by atoms with Gasteiger partial charge in [0.05, 0.1) is 5.54 Å². The van der Waals surface area contributed by atoms with Crippen LogP contribution in [0.4, 0.5) is 0 Å². The zero-order chi connectivity index (χ0) is 15.3. The van der Waals surface area contributed by atoms with Crippen LogP contribution in [0.15, 0.2) is 0 Å². The van der Waals surface area contributed by atoms with Gasteiger partial charge in [-0.3, -0.25) is 9.69 Å². The lowest BCUT2D eigenvalue weighted by atomic mass is 9.90. The smallest absolute Gasteiger partial charge is 0.240 e. The maximum atomic E-state index is 12.7. The van der Waals surface area contributed by atoms with E-state index in [9.17, 15) is 4.79 Å². The van der Waals surface area contributed by atoms with Crippen LogP contribution in [0.1, 0.15) is 59.3 Å². The highest BCUT2D eigenvalue weighted by molar-refractivity contribution is 5.86. The van der Waals surface area contributed by atoms with Crippen molar-refractivity contribution in [2.45, 2.75) is 70.9 Å². The van der Waals surface area contributed by atoms with Crippen molar-refractivity contribution >= 4 is 5.91 Å². The number of hydrogen-bond donors (Lipinski definition) is 2. The summed E-state index contributed by atoms with van der Waals surface area (Å²) in [6, 6.07) is 0.483. The van der Waals surface area contributed by atoms with Crippen molar-refractivity contribution in [1.82, 2.24) is 15.5 Å². The average molecular weight is 295 g/mol. The molecule has 2 aliphatic heterocycles. The molecule has 2 saturated heterocycles. The Bertz CT molecular complexity index is 331. The van der Waals surface area contributed by atoms with E-state index in [2.05, 4.69) is 36.3 Å². The molecule has 2 fully saturated rings. The molecule has 2 heterocycles. The highest BCUT2D eigenvalue weighted by atomic mass is 16.2. The molecule has 2 unspecified atom stereocenters. The summed E-state index contributed by atoms with van der Waals surface area (Å²) in [7, 11) is 0. The van der Waals surface area contributed by atoms with Gasteiger partial charge in [-0.1, -0.05) is 27.2 Å². The number of amides is 1. The minimum absolute atomic E-state index is 0.228. The van der Waals surface area contributed by atoms with Crippen molar-refractivity contribution in [3.63, 3.8) is 0 Å². The third-order valence-corrected chi connectivity index (χ3v) is 5.21. The Morgan fingerprint density at radius 2 is 2.00 bits per heavy atom. The zero-order valence-corrected chi connectivity index (χ0v) is 14.1. The summed E-state index contributed by atoms with van der Waals surface area (Å²) >= 11 is 0. The van der Waals surface area contributed by atoms with Crippen LogP contribution in [0.25, 0.3) is 0 Å². The number of carbonyl (C=O) groups is 1. The van der Waals surface area contributed by atoms with Crippen LogP contribution in [-0.2, 0) is 4.79 Å². The van der Waals surface area contributed by atoms with Crippen LogP contribution in [-0.4, -0.2) is 48.6 Å². The van der Waals surface area contributed by atoms with Crippen molar-refractivity contribution in [2.75, 3.05) is 26.2 Å². The summed E-state index contributed by atoms with van der Waals surface area (Å²) in [6.45, 7) is 10.9. The normalized spacial score (nSPS) is 28.2. The summed E-state index contributed by atoms with van der Waals surface area (Å²) in [4.78, 5) is 15.3. The standard InChI is InChI=1S/C17H33N3O/c1-4-8-17(9-7-10-19-17)16(21)18-13-15(14(2)3)20-11-5-6-12-20/h14-15,19H,4-13H2,1-3H3,(H,18,21). The predicted octanol–water partition coefficient (Wildman–Crippen LogP) is 2.15. The first-order valence-corrected chi connectivity index (χ1v) is 8.86. The SMILES string of the molecule is CCCC1(C(=O)NCC(C(C)C)N2CCCC2)CCCN1. The fourth-order valence-corrected chi connectivity index (χ4v) is 3.98. The molecule has 0 radical (unpaired) electrons. The van der Waals surface area contributed by atoms with Gasteiger partial charge in [0, 0.05) is 12.6 Å². The Morgan fingerprint density at radius 1 is 1.29 bits per heavy atom. The van der Waals surface area contributed by atoms with Gasteiger partial charge in [0.25, 0.3) is 0 Å². The van der Waals surface area contributed by atoms with Gasteiger partial charge >= 0.3 is 0 Å². The van der Waals surface area contributed by atoms with Gasteiger partial charge in [-0.2, -0.15) is 0 Å². The fourth-order valence-electron chi connectivity index (χ4n) is 3.98. The minimum Gasteiger partial charge on any atom is -0.353 e. The number of nitrogens with zero attached hydrogens (tertiary/aromatic N) is 1. The quantitative estimate of drug-likeness (QED) is 0.756. The number of nitrogens with one attached hydrogen (secondary N) is 2. The van der Waals surface area contributed by atoms with E-state index in [1.54, 1.807) is 0 Å². The van der Waals surface area contributed by atoms with E-state index in [-0.39, 0.29) is 11.4 Å². The van der Waals surface area contributed by atoms with E-state index in [1.807, 2.05) is 0 Å². The number of carbonyl (C=O) groups excluding carboxylic acids is 1. The molecule has 0 aromatic carbocycles. The first-order chi connectivity index (χ1) is 10.1. The van der Waals surface area contributed by atoms with Crippen molar-refractivity contribution in [3.8, 4) is 0 Å². The molecule has 0 aromatic rings. The van der Waals surface area contributed by atoms with E-state index in [4.69, 9.17) is 0 Å². The van der Waals surface area contributed by atoms with Gasteiger partial charge < -0.3 is 10.6 Å². The van der Waals surface area contributed by atoms with Crippen molar-refractivity contribution in [2.24, 2.45) is 5.92 Å². The zero-order valence-electron chi connectivity index (χ0n) is 14.1. The van der Waals surface area contributed by atoms with Crippen LogP contribution >= 0.6 is 0 Å². The number of likely N-dealkylation sites (tertiary alicyclic amines) is 1. The molecule has 21 heavy (non-hydrogen) atoms. The van der Waals surface area contributed by atoms with Gasteiger partial charge in [-0.15, -0.1) is 0 Å². The molecule has 4 heteroatoms. The third-order valence-electron chi connectivity index (χ3n) is 5.21. The Balaban J connectivity index is 1.91. The molecule has 122 valence electrons. The Morgan fingerprint density at radius 3 is 2.52 bits per heavy atom. The second kappa shape index (κ2) is 7.59. The fraction of sp³-hybridized carbons (Fsp3) is 0.941. The Kier molecular flexibility index (Phi) is 6.06. The highest BCUT2D eigenvalue weighted by Crippen LogP contribution is 2.25. The van der Waals surface area contributed by atoms with Crippen LogP contribution in [0, 0.1) is 5.92 Å². The summed E-state index contributed by atoms with van der Waals surface area (Å²) < 4.78 is 0. The molecular formula is C17H33N3O. The Hall–Kier alpha value is -0.610. The number of rotatable bonds is 7. The molecule has 2 atom stereocenters. The molecule has 0 aliphatic carbocycles. The molecule has 2 aliphatic rings. The molecular weight excluding hydrogens is 262 g/mol.